The second-order valence-electron chi connectivity index (χ2n) is 8.62. The Labute approximate surface area is 217 Å². The van der Waals surface area contributed by atoms with E-state index >= 15 is 0 Å². The van der Waals surface area contributed by atoms with E-state index in [0.717, 1.165) is 13.1 Å². The first-order valence-corrected chi connectivity index (χ1v) is 13.5. The van der Waals surface area contributed by atoms with Crippen molar-refractivity contribution >= 4 is 29.2 Å². The second kappa shape index (κ2) is 27.1. The van der Waals surface area contributed by atoms with Crippen molar-refractivity contribution in [3.63, 3.8) is 0 Å². The van der Waals surface area contributed by atoms with Crippen LogP contribution in [0, 0.1) is 0 Å². The fourth-order valence-electron chi connectivity index (χ4n) is 3.87. The maximum absolute atomic E-state index is 5.30. The van der Waals surface area contributed by atoms with E-state index < -0.39 is 0 Å². The van der Waals surface area contributed by atoms with Gasteiger partial charge in [0.1, 0.15) is 0 Å². The van der Waals surface area contributed by atoms with Crippen molar-refractivity contribution in [2.45, 2.75) is 142 Å². The Morgan fingerprint density at radius 2 is 0.759 bits per heavy atom. The fourth-order valence-corrected chi connectivity index (χ4v) is 4.24. The first-order chi connectivity index (χ1) is 13.7. The van der Waals surface area contributed by atoms with Gasteiger partial charge in [-0.3, -0.25) is 0 Å². The van der Waals surface area contributed by atoms with E-state index in [0.29, 0.717) is 4.32 Å². The molecule has 0 atom stereocenters. The van der Waals surface area contributed by atoms with E-state index in [-0.39, 0.29) is 29.6 Å². The molecule has 0 aromatic heterocycles. The normalized spacial score (nSPS) is 10.7. The number of unbranched alkanes of at least 4 members (excludes halogenated alkanes) is 18. The molecule has 29 heavy (non-hydrogen) atoms. The molecule has 0 spiro atoms. The molecule has 0 N–H and O–H groups in total. The molecule has 0 amide bonds. The molecule has 0 saturated heterocycles. The summed E-state index contributed by atoms with van der Waals surface area (Å²) in [5.74, 6) is 0. The summed E-state index contributed by atoms with van der Waals surface area (Å²) in [6, 6.07) is 0. The van der Waals surface area contributed by atoms with Crippen LogP contribution in [-0.2, 0) is 12.6 Å². The molecule has 0 rings (SSSR count). The minimum Gasteiger partial charge on any atom is -0.411 e. The summed E-state index contributed by atoms with van der Waals surface area (Å²) in [6.07, 6.45) is 27.7. The topological polar surface area (TPSA) is 3.24 Å². The molecular weight excluding hydrogens is 401 g/mol. The Morgan fingerprint density at radius 3 is 1.00 bits per heavy atom. The molecule has 0 aliphatic carbocycles. The van der Waals surface area contributed by atoms with Gasteiger partial charge < -0.3 is 29.7 Å². The van der Waals surface area contributed by atoms with E-state index in [1.54, 1.807) is 0 Å². The molecule has 168 valence electrons. The molecule has 0 aliphatic heterocycles. The second-order valence-corrected chi connectivity index (χ2v) is 9.65. The van der Waals surface area contributed by atoms with Gasteiger partial charge in [0, 0.05) is 13.1 Å². The van der Waals surface area contributed by atoms with Gasteiger partial charge in [0.15, 0.2) is 0 Å². The van der Waals surface area contributed by atoms with E-state index in [1.165, 1.54) is 128 Å². The van der Waals surface area contributed by atoms with Crippen molar-refractivity contribution in [2.24, 2.45) is 0 Å². The van der Waals surface area contributed by atoms with Crippen molar-refractivity contribution < 1.29 is 29.6 Å². The van der Waals surface area contributed by atoms with Crippen molar-refractivity contribution in [2.75, 3.05) is 13.1 Å². The Hall–Kier alpha value is 1.11. The smallest absolute Gasteiger partial charge is 0.411 e. The quantitative estimate of drug-likeness (QED) is 0.0864. The third kappa shape index (κ3) is 25.2. The molecule has 0 aromatic carbocycles. The minimum absolute atomic E-state index is 0. The molecule has 0 aromatic rings. The van der Waals surface area contributed by atoms with Crippen LogP contribution in [0.25, 0.3) is 0 Å². The van der Waals surface area contributed by atoms with Crippen LogP contribution in [-0.4, -0.2) is 22.3 Å². The molecule has 0 aliphatic rings. The van der Waals surface area contributed by atoms with E-state index in [2.05, 4.69) is 18.7 Å². The van der Waals surface area contributed by atoms with Gasteiger partial charge in [0.2, 0.25) is 0 Å². The van der Waals surface area contributed by atoms with Gasteiger partial charge in [0.25, 0.3) is 0 Å². The maximum atomic E-state index is 5.30. The van der Waals surface area contributed by atoms with Crippen LogP contribution < -0.4 is 29.6 Å². The summed E-state index contributed by atoms with van der Waals surface area (Å²) in [6.45, 7) is 6.73. The first kappa shape index (κ1) is 32.3. The maximum Gasteiger partial charge on any atom is 1.00 e. The number of nitrogens with zero attached hydrogens (tertiary/aromatic N) is 1. The summed E-state index contributed by atoms with van der Waals surface area (Å²) in [5.41, 5.74) is 0. The molecule has 1 nitrogen and oxygen atoms in total. The predicted octanol–water partition coefficient (Wildman–Crippen LogP) is 5.97. The van der Waals surface area contributed by atoms with Gasteiger partial charge in [-0.25, -0.2) is 0 Å². The number of thiocarbonyl (C=S) groups is 1. The van der Waals surface area contributed by atoms with Crippen molar-refractivity contribution in [3.05, 3.63) is 0 Å². The molecule has 0 saturated carbocycles. The first-order valence-electron chi connectivity index (χ1n) is 12.7. The average molecular weight is 452 g/mol. The standard InChI is InChI=1S/C25H51NS2.Na/c1-3-5-7-9-11-13-15-17-19-21-23-26(25(27)28)24-22-20-18-16-14-12-10-8-6-4-2;/h3-24H2,1-2H3,(H,27,28);/q;+1/p-1. The summed E-state index contributed by atoms with van der Waals surface area (Å²) in [5, 5.41) is 0. The van der Waals surface area contributed by atoms with Gasteiger partial charge >= 0.3 is 29.6 Å². The molecule has 0 heterocycles. The number of rotatable bonds is 22. The SMILES string of the molecule is CCCCCCCCCCCCN(CCCCCCCCCCCC)C(=S)[S-].[Na+]. The Morgan fingerprint density at radius 1 is 0.517 bits per heavy atom. The van der Waals surface area contributed by atoms with Crippen LogP contribution in [0.3, 0.4) is 0 Å². The van der Waals surface area contributed by atoms with Gasteiger partial charge in [-0.15, -0.1) is 0 Å². The predicted molar refractivity (Wildman–Crippen MR) is 135 cm³/mol. The van der Waals surface area contributed by atoms with E-state index in [1.807, 2.05) is 0 Å². The summed E-state index contributed by atoms with van der Waals surface area (Å²) in [7, 11) is 0. The van der Waals surface area contributed by atoms with Gasteiger partial charge in [-0.05, 0) is 12.8 Å². The van der Waals surface area contributed by atoms with Gasteiger partial charge in [0.05, 0.1) is 0 Å². The van der Waals surface area contributed by atoms with Crippen LogP contribution in [0.1, 0.15) is 142 Å². The van der Waals surface area contributed by atoms with Gasteiger partial charge in [-0.1, -0.05) is 134 Å². The zero-order chi connectivity index (χ0) is 20.7. The summed E-state index contributed by atoms with van der Waals surface area (Å²) in [4.78, 5) is 2.28. The zero-order valence-corrected chi connectivity index (χ0v) is 24.0. The summed E-state index contributed by atoms with van der Waals surface area (Å²) < 4.78 is 0.687. The molecular formula is C25H50NNaS2. The molecule has 0 fully saturated rings. The van der Waals surface area contributed by atoms with E-state index in [9.17, 15) is 0 Å². The van der Waals surface area contributed by atoms with Crippen LogP contribution in [0.5, 0.6) is 0 Å². The van der Waals surface area contributed by atoms with Crippen LogP contribution in [0.4, 0.5) is 0 Å². The molecule has 4 heteroatoms. The largest absolute Gasteiger partial charge is 1.00 e. The third-order valence-corrected chi connectivity index (χ3v) is 6.34. The summed E-state index contributed by atoms with van der Waals surface area (Å²) >= 11 is 10.6. The van der Waals surface area contributed by atoms with Gasteiger partial charge in [-0.2, -0.15) is 0 Å². The average Bonchev–Trinajstić information content (AvgIpc) is 2.68. The van der Waals surface area contributed by atoms with Crippen LogP contribution in [0.15, 0.2) is 0 Å². The Bertz CT molecular complexity index is 302. The van der Waals surface area contributed by atoms with Crippen LogP contribution >= 0.6 is 12.2 Å². The van der Waals surface area contributed by atoms with Crippen molar-refractivity contribution in [1.82, 2.24) is 4.90 Å². The Kier molecular flexibility index (Phi) is 30.2. The number of hydrogen-bond donors (Lipinski definition) is 0. The molecule has 0 radical (unpaired) electrons. The zero-order valence-electron chi connectivity index (χ0n) is 20.3. The van der Waals surface area contributed by atoms with Crippen molar-refractivity contribution in [1.29, 1.82) is 0 Å². The monoisotopic (exact) mass is 451 g/mol. The third-order valence-electron chi connectivity index (χ3n) is 5.82. The minimum atomic E-state index is 0. The van der Waals surface area contributed by atoms with E-state index in [4.69, 9.17) is 24.8 Å². The molecule has 0 unspecified atom stereocenters. The Balaban J connectivity index is 0. The molecule has 0 bridgehead atoms. The fraction of sp³-hybridized carbons (Fsp3) is 0.960. The van der Waals surface area contributed by atoms with Crippen molar-refractivity contribution in [3.8, 4) is 0 Å². The number of hydrogen-bond acceptors (Lipinski definition) is 2. The van der Waals surface area contributed by atoms with Crippen LogP contribution in [0.2, 0.25) is 0 Å².